The molecule has 0 spiro atoms. The molecule has 3 nitrogen and oxygen atoms in total. The summed E-state index contributed by atoms with van der Waals surface area (Å²) in [6.07, 6.45) is 8.25. The summed E-state index contributed by atoms with van der Waals surface area (Å²) in [7, 11) is 0. The number of hydrogen-bond acceptors (Lipinski definition) is 3. The summed E-state index contributed by atoms with van der Waals surface area (Å²) in [4.78, 5) is 5.44. The van der Waals surface area contributed by atoms with Gasteiger partial charge >= 0.3 is 0 Å². The number of nitrogens with one attached hydrogen (secondary N) is 1. The highest BCUT2D eigenvalue weighted by Crippen LogP contribution is 2.27. The molecule has 3 unspecified atom stereocenters. The fourth-order valence-corrected chi connectivity index (χ4v) is 4.17. The van der Waals surface area contributed by atoms with E-state index < -0.39 is 0 Å². The van der Waals surface area contributed by atoms with Crippen LogP contribution < -0.4 is 5.32 Å². The molecule has 0 aromatic rings. The molecule has 20 heavy (non-hydrogen) atoms. The normalized spacial score (nSPS) is 32.1. The summed E-state index contributed by atoms with van der Waals surface area (Å²) in [6.45, 7) is 13.1. The van der Waals surface area contributed by atoms with Gasteiger partial charge in [0, 0.05) is 31.2 Å². The van der Waals surface area contributed by atoms with Crippen LogP contribution >= 0.6 is 0 Å². The molecule has 1 saturated carbocycles. The second-order valence-electron chi connectivity index (χ2n) is 6.63. The Hall–Kier alpha value is -0.120. The van der Waals surface area contributed by atoms with Gasteiger partial charge in [-0.1, -0.05) is 27.2 Å². The summed E-state index contributed by atoms with van der Waals surface area (Å²) in [5.41, 5.74) is 0. The Balaban J connectivity index is 1.80. The zero-order valence-corrected chi connectivity index (χ0v) is 13.9. The van der Waals surface area contributed by atoms with Gasteiger partial charge in [0.05, 0.1) is 0 Å². The predicted molar refractivity (Wildman–Crippen MR) is 87.2 cm³/mol. The molecule has 1 heterocycles. The summed E-state index contributed by atoms with van der Waals surface area (Å²) < 4.78 is 0. The third kappa shape index (κ3) is 4.19. The largest absolute Gasteiger partial charge is 0.314 e. The smallest absolute Gasteiger partial charge is 0.0235 e. The molecule has 0 amide bonds. The third-order valence-electron chi connectivity index (χ3n) is 5.37. The van der Waals surface area contributed by atoms with E-state index >= 15 is 0 Å². The van der Waals surface area contributed by atoms with Crippen molar-refractivity contribution in [3.63, 3.8) is 0 Å². The zero-order chi connectivity index (χ0) is 14.4. The SMILES string of the molecule is CCCNC1CCCC(N2CCC(N(CC)CC)C2)C1. The maximum atomic E-state index is 3.74. The Labute approximate surface area is 126 Å². The van der Waals surface area contributed by atoms with Crippen molar-refractivity contribution in [3.05, 3.63) is 0 Å². The molecule has 118 valence electrons. The number of hydrogen-bond donors (Lipinski definition) is 1. The number of nitrogens with zero attached hydrogens (tertiary/aromatic N) is 2. The van der Waals surface area contributed by atoms with Crippen LogP contribution in [0.2, 0.25) is 0 Å². The highest BCUT2D eigenvalue weighted by atomic mass is 15.3. The quantitative estimate of drug-likeness (QED) is 0.774. The van der Waals surface area contributed by atoms with Gasteiger partial charge < -0.3 is 5.32 Å². The number of likely N-dealkylation sites (tertiary alicyclic amines) is 1. The lowest BCUT2D eigenvalue weighted by molar-refractivity contribution is 0.148. The maximum absolute atomic E-state index is 3.74. The van der Waals surface area contributed by atoms with Crippen LogP contribution in [0.15, 0.2) is 0 Å². The van der Waals surface area contributed by atoms with Crippen LogP contribution in [0.5, 0.6) is 0 Å². The van der Waals surface area contributed by atoms with Crippen molar-refractivity contribution in [1.82, 2.24) is 15.1 Å². The average molecular weight is 281 g/mol. The molecule has 1 N–H and O–H groups in total. The molecule has 0 aromatic carbocycles. The average Bonchev–Trinajstić information content (AvgIpc) is 2.96. The van der Waals surface area contributed by atoms with Crippen LogP contribution in [0.1, 0.15) is 59.3 Å². The van der Waals surface area contributed by atoms with Gasteiger partial charge in [-0.05, 0) is 51.7 Å². The van der Waals surface area contributed by atoms with Crippen LogP contribution in [0.3, 0.4) is 0 Å². The van der Waals surface area contributed by atoms with E-state index in [1.54, 1.807) is 0 Å². The van der Waals surface area contributed by atoms with E-state index in [0.29, 0.717) is 0 Å². The summed E-state index contributed by atoms with van der Waals surface area (Å²) >= 11 is 0. The maximum Gasteiger partial charge on any atom is 0.0235 e. The van der Waals surface area contributed by atoms with Gasteiger partial charge in [-0.3, -0.25) is 9.80 Å². The number of likely N-dealkylation sites (N-methyl/N-ethyl adjacent to an activating group) is 1. The Kier molecular flexibility index (Phi) is 6.79. The Morgan fingerprint density at radius 1 is 1.10 bits per heavy atom. The van der Waals surface area contributed by atoms with E-state index in [9.17, 15) is 0 Å². The molecule has 2 fully saturated rings. The molecule has 3 heteroatoms. The van der Waals surface area contributed by atoms with Crippen molar-refractivity contribution >= 4 is 0 Å². The van der Waals surface area contributed by atoms with Crippen molar-refractivity contribution in [2.45, 2.75) is 77.4 Å². The van der Waals surface area contributed by atoms with E-state index in [1.165, 1.54) is 71.2 Å². The van der Waals surface area contributed by atoms with E-state index in [-0.39, 0.29) is 0 Å². The first-order valence-corrected chi connectivity index (χ1v) is 8.99. The molecule has 0 aromatic heterocycles. The van der Waals surface area contributed by atoms with Crippen LogP contribution in [0, 0.1) is 0 Å². The lowest BCUT2D eigenvalue weighted by Crippen LogP contribution is -2.45. The second-order valence-corrected chi connectivity index (χ2v) is 6.63. The first kappa shape index (κ1) is 16.3. The standard InChI is InChI=1S/C17H35N3/c1-4-11-18-15-8-7-9-16(13-15)20-12-10-17(14-20)19(5-2)6-3/h15-18H,4-14H2,1-3H3. The molecule has 3 atom stereocenters. The van der Waals surface area contributed by atoms with Crippen LogP contribution in [0.4, 0.5) is 0 Å². The molecule has 1 saturated heterocycles. The first-order chi connectivity index (χ1) is 9.78. The third-order valence-corrected chi connectivity index (χ3v) is 5.37. The van der Waals surface area contributed by atoms with E-state index in [2.05, 4.69) is 35.9 Å². The van der Waals surface area contributed by atoms with Gasteiger partial charge in [-0.15, -0.1) is 0 Å². The van der Waals surface area contributed by atoms with Crippen LogP contribution in [0.25, 0.3) is 0 Å². The Morgan fingerprint density at radius 3 is 2.60 bits per heavy atom. The molecule has 2 aliphatic rings. The summed E-state index contributed by atoms with van der Waals surface area (Å²) in [5, 5.41) is 3.74. The molecule has 1 aliphatic heterocycles. The lowest BCUT2D eigenvalue weighted by atomic mass is 9.90. The van der Waals surface area contributed by atoms with Crippen molar-refractivity contribution < 1.29 is 0 Å². The fourth-order valence-electron chi connectivity index (χ4n) is 4.17. The van der Waals surface area contributed by atoms with Crippen LogP contribution in [-0.4, -0.2) is 60.6 Å². The molecule has 0 bridgehead atoms. The Morgan fingerprint density at radius 2 is 1.90 bits per heavy atom. The van der Waals surface area contributed by atoms with Crippen LogP contribution in [-0.2, 0) is 0 Å². The van der Waals surface area contributed by atoms with Gasteiger partial charge in [0.25, 0.3) is 0 Å². The highest BCUT2D eigenvalue weighted by molar-refractivity contribution is 4.90. The minimum atomic E-state index is 0.779. The highest BCUT2D eigenvalue weighted by Gasteiger charge is 2.33. The first-order valence-electron chi connectivity index (χ1n) is 8.99. The minimum absolute atomic E-state index is 0.779. The lowest BCUT2D eigenvalue weighted by Gasteiger charge is -2.36. The molecular formula is C17H35N3. The second kappa shape index (κ2) is 8.35. The van der Waals surface area contributed by atoms with Gasteiger partial charge in [-0.2, -0.15) is 0 Å². The topological polar surface area (TPSA) is 18.5 Å². The van der Waals surface area contributed by atoms with Gasteiger partial charge in [-0.25, -0.2) is 0 Å². The van der Waals surface area contributed by atoms with Crippen molar-refractivity contribution in [2.24, 2.45) is 0 Å². The fraction of sp³-hybridized carbons (Fsp3) is 1.00. The van der Waals surface area contributed by atoms with E-state index in [0.717, 1.165) is 18.1 Å². The van der Waals surface area contributed by atoms with E-state index in [1.807, 2.05) is 0 Å². The zero-order valence-electron chi connectivity index (χ0n) is 13.9. The molecule has 1 aliphatic carbocycles. The van der Waals surface area contributed by atoms with Gasteiger partial charge in [0.1, 0.15) is 0 Å². The van der Waals surface area contributed by atoms with Crippen molar-refractivity contribution in [3.8, 4) is 0 Å². The summed E-state index contributed by atoms with van der Waals surface area (Å²) in [5.74, 6) is 0. The van der Waals surface area contributed by atoms with Crippen molar-refractivity contribution in [2.75, 3.05) is 32.7 Å². The van der Waals surface area contributed by atoms with Gasteiger partial charge in [0.2, 0.25) is 0 Å². The van der Waals surface area contributed by atoms with Gasteiger partial charge in [0.15, 0.2) is 0 Å². The predicted octanol–water partition coefficient (Wildman–Crippen LogP) is 2.71. The number of rotatable bonds is 7. The van der Waals surface area contributed by atoms with E-state index in [4.69, 9.17) is 0 Å². The van der Waals surface area contributed by atoms with Crippen molar-refractivity contribution in [1.29, 1.82) is 0 Å². The molecular weight excluding hydrogens is 246 g/mol. The monoisotopic (exact) mass is 281 g/mol. The Bertz CT molecular complexity index is 265. The molecule has 0 radical (unpaired) electrons. The minimum Gasteiger partial charge on any atom is -0.314 e. The summed E-state index contributed by atoms with van der Waals surface area (Å²) in [6, 6.07) is 2.44. The molecule has 2 rings (SSSR count).